The number of nitrogens with zero attached hydrogens (tertiary/aromatic N) is 4. The van der Waals surface area contributed by atoms with Crippen LogP contribution in [0, 0.1) is 15.9 Å². The van der Waals surface area contributed by atoms with Crippen molar-refractivity contribution in [3.63, 3.8) is 0 Å². The Morgan fingerprint density at radius 1 is 1.18 bits per heavy atom. The molecule has 0 fully saturated rings. The number of rotatable bonds is 3. The van der Waals surface area contributed by atoms with Gasteiger partial charge in [0.2, 0.25) is 5.82 Å². The molecule has 0 saturated carbocycles. The van der Waals surface area contributed by atoms with Gasteiger partial charge in [-0.15, -0.1) is 0 Å². The summed E-state index contributed by atoms with van der Waals surface area (Å²) in [4.78, 5) is 36.1. The fraction of sp³-hybridized carbons (Fsp3) is 0.231. The number of aromatic nitrogens is 2. The summed E-state index contributed by atoms with van der Waals surface area (Å²) in [5.74, 6) is -0.688. The van der Waals surface area contributed by atoms with E-state index in [4.69, 9.17) is 0 Å². The second-order valence-electron chi connectivity index (χ2n) is 4.78. The number of hydrogen-bond acceptors (Lipinski definition) is 5. The zero-order chi connectivity index (χ0) is 16.6. The first-order valence-corrected chi connectivity index (χ1v) is 6.19. The summed E-state index contributed by atoms with van der Waals surface area (Å²) < 4.78 is 14.7. The quantitative estimate of drug-likeness (QED) is 0.613. The molecule has 0 amide bonds. The molecule has 0 aliphatic carbocycles. The molecule has 0 aliphatic heterocycles. The molecule has 1 heterocycles. The maximum atomic E-state index is 13.1. The van der Waals surface area contributed by atoms with Gasteiger partial charge in [0.1, 0.15) is 5.82 Å². The fourth-order valence-corrected chi connectivity index (χ4v) is 2.08. The molecule has 2 rings (SSSR count). The summed E-state index contributed by atoms with van der Waals surface area (Å²) in [7, 11) is 4.10. The van der Waals surface area contributed by atoms with Gasteiger partial charge in [-0.3, -0.25) is 19.5 Å². The SMILES string of the molecule is CN(C)c1c([N+](=O)[O-])c(=O)n(C)c(=O)n1-c1ccc(F)cc1. The molecule has 0 saturated heterocycles. The molecular weight excluding hydrogens is 295 g/mol. The molecule has 22 heavy (non-hydrogen) atoms. The second-order valence-corrected chi connectivity index (χ2v) is 4.78. The van der Waals surface area contributed by atoms with E-state index in [1.54, 1.807) is 0 Å². The van der Waals surface area contributed by atoms with E-state index in [0.717, 1.165) is 23.7 Å². The monoisotopic (exact) mass is 308 g/mol. The van der Waals surface area contributed by atoms with Gasteiger partial charge in [0.15, 0.2) is 0 Å². The van der Waals surface area contributed by atoms with Gasteiger partial charge in [-0.2, -0.15) is 0 Å². The molecule has 8 nitrogen and oxygen atoms in total. The number of anilines is 1. The lowest BCUT2D eigenvalue weighted by molar-refractivity contribution is -0.386. The molecule has 116 valence electrons. The van der Waals surface area contributed by atoms with Crippen LogP contribution >= 0.6 is 0 Å². The number of halogens is 1. The lowest BCUT2D eigenvalue weighted by atomic mass is 10.3. The summed E-state index contributed by atoms with van der Waals surface area (Å²) in [6, 6.07) is 4.85. The van der Waals surface area contributed by atoms with Gasteiger partial charge in [0, 0.05) is 21.1 Å². The van der Waals surface area contributed by atoms with Crippen molar-refractivity contribution in [2.45, 2.75) is 0 Å². The molecule has 0 N–H and O–H groups in total. The minimum Gasteiger partial charge on any atom is -0.358 e. The van der Waals surface area contributed by atoms with E-state index in [1.165, 1.54) is 31.1 Å². The number of hydrogen-bond donors (Lipinski definition) is 0. The minimum atomic E-state index is -1.00. The Balaban J connectivity index is 3.00. The van der Waals surface area contributed by atoms with Gasteiger partial charge in [-0.1, -0.05) is 0 Å². The van der Waals surface area contributed by atoms with Crippen molar-refractivity contribution in [3.8, 4) is 5.69 Å². The molecule has 0 atom stereocenters. The van der Waals surface area contributed by atoms with Gasteiger partial charge in [-0.25, -0.2) is 13.8 Å². The van der Waals surface area contributed by atoms with Crippen molar-refractivity contribution >= 4 is 11.5 Å². The summed E-state index contributed by atoms with van der Waals surface area (Å²) >= 11 is 0. The smallest absolute Gasteiger partial charge is 0.358 e. The molecule has 0 aliphatic rings. The standard InChI is InChI=1S/C13H13FN4O4/c1-15(2)11-10(18(21)22)12(19)16(3)13(20)17(11)9-6-4-8(14)5-7-9/h4-7H,1-3H3. The van der Waals surface area contributed by atoms with E-state index < -0.39 is 27.7 Å². The van der Waals surface area contributed by atoms with Crippen LogP contribution in [0.3, 0.4) is 0 Å². The Morgan fingerprint density at radius 3 is 2.18 bits per heavy atom. The highest BCUT2D eigenvalue weighted by Crippen LogP contribution is 2.24. The van der Waals surface area contributed by atoms with Crippen LogP contribution in [0.25, 0.3) is 5.69 Å². The van der Waals surface area contributed by atoms with E-state index in [-0.39, 0.29) is 11.5 Å². The molecule has 0 radical (unpaired) electrons. The van der Waals surface area contributed by atoms with E-state index >= 15 is 0 Å². The summed E-state index contributed by atoms with van der Waals surface area (Å²) in [6.45, 7) is 0. The van der Waals surface area contributed by atoms with E-state index in [1.807, 2.05) is 0 Å². The molecule has 0 bridgehead atoms. The zero-order valence-corrected chi connectivity index (χ0v) is 12.1. The maximum Gasteiger partial charge on any atom is 0.374 e. The summed E-state index contributed by atoms with van der Waals surface area (Å²) in [5, 5.41) is 11.2. The molecule has 0 spiro atoms. The molecule has 9 heteroatoms. The van der Waals surface area contributed by atoms with Crippen LogP contribution in [0.2, 0.25) is 0 Å². The summed E-state index contributed by atoms with van der Waals surface area (Å²) in [6.07, 6.45) is 0. The van der Waals surface area contributed by atoms with Crippen molar-refractivity contribution in [1.29, 1.82) is 0 Å². The highest BCUT2D eigenvalue weighted by molar-refractivity contribution is 5.60. The molecule has 1 aromatic heterocycles. The van der Waals surface area contributed by atoms with Crippen LogP contribution in [-0.4, -0.2) is 28.2 Å². The van der Waals surface area contributed by atoms with Crippen LogP contribution < -0.4 is 16.1 Å². The molecule has 1 aromatic carbocycles. The minimum absolute atomic E-state index is 0.176. The van der Waals surface area contributed by atoms with Crippen molar-refractivity contribution < 1.29 is 9.31 Å². The zero-order valence-electron chi connectivity index (χ0n) is 12.1. The van der Waals surface area contributed by atoms with Gasteiger partial charge < -0.3 is 4.90 Å². The molecule has 2 aromatic rings. The lowest BCUT2D eigenvalue weighted by Crippen LogP contribution is -2.41. The number of benzene rings is 1. The van der Waals surface area contributed by atoms with Gasteiger partial charge in [0.05, 0.1) is 10.6 Å². The van der Waals surface area contributed by atoms with Gasteiger partial charge in [0.25, 0.3) is 0 Å². The Kier molecular flexibility index (Phi) is 3.81. The highest BCUT2D eigenvalue weighted by atomic mass is 19.1. The third kappa shape index (κ3) is 2.36. The maximum absolute atomic E-state index is 13.1. The predicted molar refractivity (Wildman–Crippen MR) is 78.2 cm³/mol. The normalized spacial score (nSPS) is 10.5. The van der Waals surface area contributed by atoms with E-state index in [0.29, 0.717) is 4.57 Å². The van der Waals surface area contributed by atoms with Crippen molar-refractivity contribution in [2.24, 2.45) is 7.05 Å². The lowest BCUT2D eigenvalue weighted by Gasteiger charge is -2.19. The van der Waals surface area contributed by atoms with Crippen LogP contribution in [0.4, 0.5) is 15.9 Å². The van der Waals surface area contributed by atoms with Crippen LogP contribution in [0.15, 0.2) is 33.9 Å². The Bertz CT molecular complexity index is 852. The van der Waals surface area contributed by atoms with Crippen LogP contribution in [0.1, 0.15) is 0 Å². The third-order valence-electron chi connectivity index (χ3n) is 3.10. The van der Waals surface area contributed by atoms with Crippen molar-refractivity contribution in [2.75, 3.05) is 19.0 Å². The van der Waals surface area contributed by atoms with Crippen LogP contribution in [-0.2, 0) is 7.05 Å². The second kappa shape index (κ2) is 5.43. The Labute approximate surface area is 123 Å². The highest BCUT2D eigenvalue weighted by Gasteiger charge is 2.28. The fourth-order valence-electron chi connectivity index (χ4n) is 2.08. The van der Waals surface area contributed by atoms with Gasteiger partial charge >= 0.3 is 16.9 Å². The molecule has 0 unspecified atom stereocenters. The average molecular weight is 308 g/mol. The largest absolute Gasteiger partial charge is 0.374 e. The summed E-state index contributed by atoms with van der Waals surface area (Å²) in [5.41, 5.74) is -2.27. The van der Waals surface area contributed by atoms with Crippen LogP contribution in [0.5, 0.6) is 0 Å². The van der Waals surface area contributed by atoms with Crippen molar-refractivity contribution in [1.82, 2.24) is 9.13 Å². The van der Waals surface area contributed by atoms with Gasteiger partial charge in [-0.05, 0) is 24.3 Å². The average Bonchev–Trinajstić information content (AvgIpc) is 2.45. The Hall–Kier alpha value is -2.97. The first-order valence-electron chi connectivity index (χ1n) is 6.19. The van der Waals surface area contributed by atoms with E-state index in [2.05, 4.69) is 0 Å². The first kappa shape index (κ1) is 15.4. The Morgan fingerprint density at radius 2 is 1.73 bits per heavy atom. The molecular formula is C13H13FN4O4. The van der Waals surface area contributed by atoms with Crippen molar-refractivity contribution in [3.05, 3.63) is 61.0 Å². The number of nitro groups is 1. The van der Waals surface area contributed by atoms with E-state index in [9.17, 15) is 24.1 Å². The first-order chi connectivity index (χ1) is 10.3. The third-order valence-corrected chi connectivity index (χ3v) is 3.10. The predicted octanol–water partition coefficient (Wildman–Crippen LogP) is 0.649. The topological polar surface area (TPSA) is 90.4 Å².